The first-order valence-electron chi connectivity index (χ1n) is 14.1. The molecule has 11 unspecified atom stereocenters. The fourth-order valence-electron chi connectivity index (χ4n) is 12.0. The minimum Gasteiger partial charge on any atom is -0.392 e. The number of rotatable bonds is 1. The predicted octanol–water partition coefficient (Wildman–Crippen LogP) is 6.19. The molecule has 0 saturated heterocycles. The van der Waals surface area contributed by atoms with Crippen LogP contribution in [0, 0.1) is 56.7 Å². The summed E-state index contributed by atoms with van der Waals surface area (Å²) in [6, 6.07) is 0. The molecule has 0 aromatic carbocycles. The monoisotopic (exact) mass is 460 g/mol. The van der Waals surface area contributed by atoms with Gasteiger partial charge in [0.2, 0.25) is 0 Å². The third kappa shape index (κ3) is 2.85. The lowest BCUT2D eigenvalue weighted by molar-refractivity contribution is -0.277. The Labute approximate surface area is 203 Å². The van der Waals surface area contributed by atoms with Crippen LogP contribution >= 0.6 is 0 Å². The lowest BCUT2D eigenvalue weighted by Gasteiger charge is -2.74. The molecule has 5 aliphatic rings. The molecule has 0 bridgehead atoms. The molecule has 0 aromatic heterocycles. The van der Waals surface area contributed by atoms with Gasteiger partial charge < -0.3 is 15.3 Å². The molecule has 0 spiro atoms. The van der Waals surface area contributed by atoms with Crippen LogP contribution in [0.3, 0.4) is 0 Å². The van der Waals surface area contributed by atoms with E-state index in [0.29, 0.717) is 41.4 Å². The molecular formula is C30H52O3. The molecule has 3 N–H and O–H groups in total. The number of aliphatic hydroxyl groups is 3. The van der Waals surface area contributed by atoms with Gasteiger partial charge in [-0.1, -0.05) is 41.5 Å². The number of aliphatic hydroxyl groups excluding tert-OH is 2. The summed E-state index contributed by atoms with van der Waals surface area (Å²) >= 11 is 0. The summed E-state index contributed by atoms with van der Waals surface area (Å²) in [6.07, 6.45) is 9.47. The first kappa shape index (κ1) is 24.6. The van der Waals surface area contributed by atoms with Gasteiger partial charge in [0.1, 0.15) is 0 Å². The summed E-state index contributed by atoms with van der Waals surface area (Å²) < 4.78 is 0. The largest absolute Gasteiger partial charge is 0.392 e. The topological polar surface area (TPSA) is 60.7 Å². The van der Waals surface area contributed by atoms with Crippen LogP contribution in [0.1, 0.15) is 113 Å². The van der Waals surface area contributed by atoms with Crippen LogP contribution in [-0.2, 0) is 0 Å². The molecule has 190 valence electrons. The van der Waals surface area contributed by atoms with Gasteiger partial charge in [-0.2, -0.15) is 0 Å². The van der Waals surface area contributed by atoms with Gasteiger partial charge in [0.25, 0.3) is 0 Å². The van der Waals surface area contributed by atoms with E-state index in [2.05, 4.69) is 41.5 Å². The standard InChI is InChI=1S/C30H52O3/c1-25(2)20-13-16-29(7)22(30(20,8)24(32)17-23(25)31)10-9-21-27(5)14-11-18(26(3,4)33)19(27)12-15-28(21,29)6/h18-24,31-33H,9-17H2,1-8H3. The third-order valence-electron chi connectivity index (χ3n) is 14.0. The van der Waals surface area contributed by atoms with Crippen LogP contribution in [-0.4, -0.2) is 33.1 Å². The summed E-state index contributed by atoms with van der Waals surface area (Å²) in [5, 5.41) is 33.4. The predicted molar refractivity (Wildman–Crippen MR) is 134 cm³/mol. The highest BCUT2D eigenvalue weighted by Crippen LogP contribution is 2.78. The van der Waals surface area contributed by atoms with Gasteiger partial charge in [0.15, 0.2) is 0 Å². The Bertz CT molecular complexity index is 799. The van der Waals surface area contributed by atoms with Gasteiger partial charge in [-0.25, -0.2) is 0 Å². The Morgan fingerprint density at radius 1 is 0.667 bits per heavy atom. The van der Waals surface area contributed by atoms with E-state index in [0.717, 1.165) is 6.42 Å². The average molecular weight is 461 g/mol. The summed E-state index contributed by atoms with van der Waals surface area (Å²) in [5.74, 6) is 2.65. The molecule has 33 heavy (non-hydrogen) atoms. The maximum Gasteiger partial charge on any atom is 0.0624 e. The summed E-state index contributed by atoms with van der Waals surface area (Å²) in [6.45, 7) is 18.8. The van der Waals surface area contributed by atoms with Crippen LogP contribution in [0.5, 0.6) is 0 Å². The molecule has 5 saturated carbocycles. The van der Waals surface area contributed by atoms with E-state index < -0.39 is 17.8 Å². The minimum atomic E-state index is -0.582. The lowest BCUT2D eigenvalue weighted by Crippen LogP contribution is -2.69. The van der Waals surface area contributed by atoms with Crippen molar-refractivity contribution in [3.63, 3.8) is 0 Å². The number of fused-ring (bicyclic) bond motifs is 7. The van der Waals surface area contributed by atoms with E-state index in [9.17, 15) is 15.3 Å². The van der Waals surface area contributed by atoms with Crippen molar-refractivity contribution < 1.29 is 15.3 Å². The first-order valence-corrected chi connectivity index (χ1v) is 14.1. The molecule has 3 heteroatoms. The van der Waals surface area contributed by atoms with E-state index in [1.165, 1.54) is 44.9 Å². The highest BCUT2D eigenvalue weighted by atomic mass is 16.3. The Hall–Kier alpha value is -0.120. The third-order valence-corrected chi connectivity index (χ3v) is 14.0. The fraction of sp³-hybridized carbons (Fsp3) is 1.00. The molecule has 5 fully saturated rings. The van der Waals surface area contributed by atoms with Gasteiger partial charge in [-0.05, 0) is 116 Å². The Morgan fingerprint density at radius 3 is 1.88 bits per heavy atom. The average Bonchev–Trinajstić information content (AvgIpc) is 3.05. The fourth-order valence-corrected chi connectivity index (χ4v) is 12.0. The van der Waals surface area contributed by atoms with Gasteiger partial charge >= 0.3 is 0 Å². The molecule has 0 heterocycles. The van der Waals surface area contributed by atoms with E-state index >= 15 is 0 Å². The SMILES string of the molecule is CC(C)(O)C1CCC2(C)C1CCC1(C)C2CCC2C3(C)C(O)CC(O)C(C)(C)C3CCC21C. The van der Waals surface area contributed by atoms with Crippen molar-refractivity contribution in [3.8, 4) is 0 Å². The summed E-state index contributed by atoms with van der Waals surface area (Å²) in [7, 11) is 0. The maximum absolute atomic E-state index is 11.5. The van der Waals surface area contributed by atoms with Crippen LogP contribution in [0.2, 0.25) is 0 Å². The molecule has 3 nitrogen and oxygen atoms in total. The lowest BCUT2D eigenvalue weighted by atomic mass is 9.31. The highest BCUT2D eigenvalue weighted by molar-refractivity contribution is 5.21. The second-order valence-corrected chi connectivity index (χ2v) is 15.5. The van der Waals surface area contributed by atoms with Crippen molar-refractivity contribution in [1.82, 2.24) is 0 Å². The van der Waals surface area contributed by atoms with Crippen molar-refractivity contribution in [2.45, 2.75) is 131 Å². The van der Waals surface area contributed by atoms with Crippen LogP contribution in [0.25, 0.3) is 0 Å². The molecular weight excluding hydrogens is 408 g/mol. The van der Waals surface area contributed by atoms with Gasteiger partial charge in [0.05, 0.1) is 17.8 Å². The first-order chi connectivity index (χ1) is 15.0. The zero-order chi connectivity index (χ0) is 24.4. The molecule has 0 aromatic rings. The minimum absolute atomic E-state index is 0.118. The second-order valence-electron chi connectivity index (χ2n) is 15.5. The Balaban J connectivity index is 1.54. The van der Waals surface area contributed by atoms with Crippen LogP contribution in [0.15, 0.2) is 0 Å². The van der Waals surface area contributed by atoms with Gasteiger partial charge in [-0.15, -0.1) is 0 Å². The second kappa shape index (κ2) is 7.00. The summed E-state index contributed by atoms with van der Waals surface area (Å²) in [5.41, 5.74) is -0.00872. The smallest absolute Gasteiger partial charge is 0.0624 e. The van der Waals surface area contributed by atoms with Gasteiger partial charge in [-0.3, -0.25) is 0 Å². The van der Waals surface area contributed by atoms with Crippen LogP contribution in [0.4, 0.5) is 0 Å². The van der Waals surface area contributed by atoms with Gasteiger partial charge in [0, 0.05) is 11.8 Å². The quantitative estimate of drug-likeness (QED) is 0.437. The van der Waals surface area contributed by atoms with E-state index in [1.54, 1.807) is 0 Å². The normalized spacial score (nSPS) is 58.1. The summed E-state index contributed by atoms with van der Waals surface area (Å²) in [4.78, 5) is 0. The zero-order valence-electron chi connectivity index (χ0n) is 22.7. The molecule has 5 aliphatic carbocycles. The van der Waals surface area contributed by atoms with Crippen molar-refractivity contribution in [2.75, 3.05) is 0 Å². The number of hydrogen-bond acceptors (Lipinski definition) is 3. The molecule has 0 amide bonds. The van der Waals surface area contributed by atoms with E-state index in [4.69, 9.17) is 0 Å². The zero-order valence-corrected chi connectivity index (χ0v) is 22.7. The van der Waals surface area contributed by atoms with E-state index in [-0.39, 0.29) is 21.7 Å². The van der Waals surface area contributed by atoms with Crippen molar-refractivity contribution in [2.24, 2.45) is 56.7 Å². The van der Waals surface area contributed by atoms with Crippen LogP contribution < -0.4 is 0 Å². The van der Waals surface area contributed by atoms with Crippen molar-refractivity contribution in [3.05, 3.63) is 0 Å². The maximum atomic E-state index is 11.5. The highest BCUT2D eigenvalue weighted by Gasteiger charge is 2.72. The molecule has 0 radical (unpaired) electrons. The van der Waals surface area contributed by atoms with E-state index in [1.807, 2.05) is 13.8 Å². The van der Waals surface area contributed by atoms with Crippen molar-refractivity contribution >= 4 is 0 Å². The molecule has 0 aliphatic heterocycles. The molecule has 11 atom stereocenters. The van der Waals surface area contributed by atoms with Crippen molar-refractivity contribution in [1.29, 1.82) is 0 Å². The Kier molecular flexibility index (Phi) is 5.21. The molecule has 5 rings (SSSR count). The number of hydrogen-bond donors (Lipinski definition) is 3. The Morgan fingerprint density at radius 2 is 1.24 bits per heavy atom.